The zero-order chi connectivity index (χ0) is 11.8. The second-order valence-electron chi connectivity index (χ2n) is 3.43. The summed E-state index contributed by atoms with van der Waals surface area (Å²) in [6.07, 6.45) is 2.58. The summed E-state index contributed by atoms with van der Waals surface area (Å²) in [5.74, 6) is 0.834. The molecule has 0 radical (unpaired) electrons. The third-order valence-electron chi connectivity index (χ3n) is 2.14. The predicted octanol–water partition coefficient (Wildman–Crippen LogP) is 2.36. The molecule has 3 heteroatoms. The first-order valence-corrected chi connectivity index (χ1v) is 5.09. The number of rotatable bonds is 6. The Labute approximate surface area is 95.7 Å². The van der Waals surface area contributed by atoms with Gasteiger partial charge in [0.1, 0.15) is 12.0 Å². The Bertz CT molecular complexity index is 352. The molecule has 1 rings (SSSR count). The summed E-state index contributed by atoms with van der Waals surface area (Å²) in [7, 11) is 1.64. The smallest absolute Gasteiger partial charge is 0.145 e. The van der Waals surface area contributed by atoms with Gasteiger partial charge in [0.25, 0.3) is 0 Å². The van der Waals surface area contributed by atoms with Gasteiger partial charge in [0.2, 0.25) is 0 Å². The Morgan fingerprint density at radius 1 is 1.31 bits per heavy atom. The van der Waals surface area contributed by atoms with Crippen LogP contribution in [0.15, 0.2) is 35.9 Å². The highest BCUT2D eigenvalue weighted by Gasteiger charge is 1.94. The summed E-state index contributed by atoms with van der Waals surface area (Å²) in [6, 6.07) is 7.70. The van der Waals surface area contributed by atoms with Gasteiger partial charge in [0.15, 0.2) is 0 Å². The number of benzene rings is 1. The van der Waals surface area contributed by atoms with Gasteiger partial charge in [-0.25, -0.2) is 0 Å². The lowest BCUT2D eigenvalue weighted by Crippen LogP contribution is -1.94. The molecule has 0 aromatic heterocycles. The van der Waals surface area contributed by atoms with Crippen molar-refractivity contribution >= 4 is 6.29 Å². The first kappa shape index (κ1) is 12.5. The van der Waals surface area contributed by atoms with Gasteiger partial charge < -0.3 is 9.47 Å². The molecule has 0 spiro atoms. The lowest BCUT2D eigenvalue weighted by atomic mass is 10.2. The molecule has 1 aromatic carbocycles. The number of methoxy groups -OCH3 is 1. The number of hydrogen-bond donors (Lipinski definition) is 0. The number of ether oxygens (including phenoxy) is 2. The maximum atomic E-state index is 10.3. The van der Waals surface area contributed by atoms with E-state index in [0.717, 1.165) is 17.6 Å². The topological polar surface area (TPSA) is 35.5 Å². The average Bonchev–Trinajstić information content (AvgIpc) is 2.35. The van der Waals surface area contributed by atoms with E-state index in [1.165, 1.54) is 0 Å². The molecule has 0 aliphatic carbocycles. The van der Waals surface area contributed by atoms with Crippen LogP contribution in [-0.4, -0.2) is 20.0 Å². The average molecular weight is 220 g/mol. The van der Waals surface area contributed by atoms with Crippen LogP contribution in [0.5, 0.6) is 5.75 Å². The molecule has 0 amide bonds. The molecule has 16 heavy (non-hydrogen) atoms. The van der Waals surface area contributed by atoms with Crippen LogP contribution in [0.3, 0.4) is 0 Å². The number of carbonyl (C=O) groups is 1. The van der Waals surface area contributed by atoms with E-state index in [-0.39, 0.29) is 0 Å². The van der Waals surface area contributed by atoms with Crippen molar-refractivity contribution in [2.45, 2.75) is 13.5 Å². The quantitative estimate of drug-likeness (QED) is 0.419. The fraction of sp³-hybridized carbons (Fsp3) is 0.308. The standard InChI is InChI=1S/C13H16O3/c1-11(9-14)7-8-16-10-12-3-5-13(15-2)6-4-12/h3-7,9H,8,10H2,1-2H3/b11-7+. The van der Waals surface area contributed by atoms with Gasteiger partial charge in [-0.3, -0.25) is 4.79 Å². The molecule has 0 atom stereocenters. The van der Waals surface area contributed by atoms with Crippen molar-refractivity contribution in [3.05, 3.63) is 41.5 Å². The van der Waals surface area contributed by atoms with Gasteiger partial charge in [0, 0.05) is 0 Å². The van der Waals surface area contributed by atoms with Crippen LogP contribution in [0, 0.1) is 0 Å². The van der Waals surface area contributed by atoms with Crippen LogP contribution in [0.2, 0.25) is 0 Å². The molecule has 3 nitrogen and oxygen atoms in total. The van der Waals surface area contributed by atoms with Gasteiger partial charge in [-0.05, 0) is 30.2 Å². The van der Waals surface area contributed by atoms with Crippen molar-refractivity contribution in [2.24, 2.45) is 0 Å². The Kier molecular flexibility index (Phi) is 5.29. The minimum Gasteiger partial charge on any atom is -0.497 e. The van der Waals surface area contributed by atoms with Gasteiger partial charge in [-0.1, -0.05) is 18.2 Å². The molecule has 0 aliphatic heterocycles. The van der Waals surface area contributed by atoms with Crippen LogP contribution in [0.25, 0.3) is 0 Å². The molecular weight excluding hydrogens is 204 g/mol. The fourth-order valence-electron chi connectivity index (χ4n) is 1.14. The van der Waals surface area contributed by atoms with E-state index in [1.807, 2.05) is 24.3 Å². The highest BCUT2D eigenvalue weighted by atomic mass is 16.5. The minimum atomic E-state index is 0.455. The normalized spacial score (nSPS) is 11.2. The highest BCUT2D eigenvalue weighted by molar-refractivity contribution is 5.71. The second kappa shape index (κ2) is 6.80. The number of allylic oxidation sites excluding steroid dienone is 1. The summed E-state index contributed by atoms with van der Waals surface area (Å²) in [6.45, 7) is 2.74. The maximum absolute atomic E-state index is 10.3. The molecule has 0 heterocycles. The fourth-order valence-corrected chi connectivity index (χ4v) is 1.14. The molecule has 0 saturated heterocycles. The Balaban J connectivity index is 2.34. The first-order valence-electron chi connectivity index (χ1n) is 5.09. The lowest BCUT2D eigenvalue weighted by molar-refractivity contribution is -0.104. The first-order chi connectivity index (χ1) is 7.76. The largest absolute Gasteiger partial charge is 0.497 e. The zero-order valence-electron chi connectivity index (χ0n) is 9.60. The van der Waals surface area contributed by atoms with Crippen LogP contribution in [0.1, 0.15) is 12.5 Å². The third kappa shape index (κ3) is 4.28. The van der Waals surface area contributed by atoms with E-state index in [4.69, 9.17) is 9.47 Å². The Morgan fingerprint density at radius 3 is 2.56 bits per heavy atom. The van der Waals surface area contributed by atoms with Crippen LogP contribution >= 0.6 is 0 Å². The van der Waals surface area contributed by atoms with Gasteiger partial charge in [0.05, 0.1) is 20.3 Å². The van der Waals surface area contributed by atoms with Crippen LogP contribution in [0.4, 0.5) is 0 Å². The summed E-state index contributed by atoms with van der Waals surface area (Å²) in [5, 5.41) is 0. The summed E-state index contributed by atoms with van der Waals surface area (Å²) in [5.41, 5.74) is 1.77. The molecule has 0 fully saturated rings. The Hall–Kier alpha value is -1.61. The van der Waals surface area contributed by atoms with Crippen molar-refractivity contribution in [1.29, 1.82) is 0 Å². The molecular formula is C13H16O3. The van der Waals surface area contributed by atoms with Crippen molar-refractivity contribution in [3.63, 3.8) is 0 Å². The van der Waals surface area contributed by atoms with Gasteiger partial charge in [-0.15, -0.1) is 0 Å². The summed E-state index contributed by atoms with van der Waals surface area (Å²) < 4.78 is 10.4. The van der Waals surface area contributed by atoms with E-state index in [9.17, 15) is 4.79 Å². The van der Waals surface area contributed by atoms with Gasteiger partial charge >= 0.3 is 0 Å². The van der Waals surface area contributed by atoms with Gasteiger partial charge in [-0.2, -0.15) is 0 Å². The maximum Gasteiger partial charge on any atom is 0.145 e. The monoisotopic (exact) mass is 220 g/mol. The van der Waals surface area contributed by atoms with Crippen molar-refractivity contribution < 1.29 is 14.3 Å². The zero-order valence-corrected chi connectivity index (χ0v) is 9.60. The SMILES string of the molecule is COc1ccc(COC/C=C(\C)C=O)cc1. The van der Waals surface area contributed by atoms with E-state index in [2.05, 4.69) is 0 Å². The number of aldehydes is 1. The summed E-state index contributed by atoms with van der Waals surface area (Å²) in [4.78, 5) is 10.3. The van der Waals surface area contributed by atoms with E-state index in [0.29, 0.717) is 18.8 Å². The van der Waals surface area contributed by atoms with Crippen LogP contribution in [-0.2, 0) is 16.1 Å². The van der Waals surface area contributed by atoms with Crippen molar-refractivity contribution in [1.82, 2.24) is 0 Å². The van der Waals surface area contributed by atoms with E-state index >= 15 is 0 Å². The number of hydrogen-bond acceptors (Lipinski definition) is 3. The molecule has 0 unspecified atom stereocenters. The minimum absolute atomic E-state index is 0.455. The van der Waals surface area contributed by atoms with E-state index < -0.39 is 0 Å². The lowest BCUT2D eigenvalue weighted by Gasteiger charge is -2.03. The molecule has 0 aliphatic rings. The third-order valence-corrected chi connectivity index (χ3v) is 2.14. The van der Waals surface area contributed by atoms with E-state index in [1.54, 1.807) is 20.1 Å². The molecule has 86 valence electrons. The number of carbonyl (C=O) groups excluding carboxylic acids is 1. The molecule has 1 aromatic rings. The predicted molar refractivity (Wildman–Crippen MR) is 62.5 cm³/mol. The molecule has 0 bridgehead atoms. The molecule has 0 saturated carbocycles. The Morgan fingerprint density at radius 2 is 2.00 bits per heavy atom. The molecule has 0 N–H and O–H groups in total. The summed E-state index contributed by atoms with van der Waals surface area (Å²) >= 11 is 0. The van der Waals surface area contributed by atoms with Crippen molar-refractivity contribution in [2.75, 3.05) is 13.7 Å². The highest BCUT2D eigenvalue weighted by Crippen LogP contribution is 2.11. The van der Waals surface area contributed by atoms with Crippen molar-refractivity contribution in [3.8, 4) is 5.75 Å². The van der Waals surface area contributed by atoms with Crippen LogP contribution < -0.4 is 4.74 Å². The second-order valence-corrected chi connectivity index (χ2v) is 3.43.